The number of allylic oxidation sites excluding steroid dienone is 1. The van der Waals surface area contributed by atoms with Crippen molar-refractivity contribution in [3.63, 3.8) is 0 Å². The molecule has 1 aromatic rings. The van der Waals surface area contributed by atoms with E-state index in [0.717, 1.165) is 28.9 Å². The Labute approximate surface area is 117 Å². The molecule has 100 valence electrons. The summed E-state index contributed by atoms with van der Waals surface area (Å²) in [5, 5.41) is 3.18. The molecule has 0 amide bonds. The van der Waals surface area contributed by atoms with Crippen LogP contribution in [0.25, 0.3) is 0 Å². The number of fused-ring (bicyclic) bond motifs is 1. The van der Waals surface area contributed by atoms with Crippen LogP contribution in [0, 0.1) is 0 Å². The summed E-state index contributed by atoms with van der Waals surface area (Å²) in [6.07, 6.45) is 1.32. The van der Waals surface area contributed by atoms with Crippen molar-refractivity contribution in [3.8, 4) is 0 Å². The number of rotatable bonds is 6. The Bertz CT molecular complexity index is 537. The molecule has 0 radical (unpaired) electrons. The molecule has 0 spiro atoms. The van der Waals surface area contributed by atoms with Gasteiger partial charge in [-0.25, -0.2) is 0 Å². The topological polar surface area (TPSA) is 46.2 Å². The number of carbonyl (C=O) groups excluding carboxylic acids is 2. The summed E-state index contributed by atoms with van der Waals surface area (Å²) in [6.45, 7) is 5.46. The van der Waals surface area contributed by atoms with Gasteiger partial charge in [0.25, 0.3) is 0 Å². The van der Waals surface area contributed by atoms with E-state index < -0.39 is 0 Å². The van der Waals surface area contributed by atoms with E-state index in [1.165, 1.54) is 11.8 Å². The van der Waals surface area contributed by atoms with E-state index in [4.69, 9.17) is 0 Å². The predicted octanol–water partition coefficient (Wildman–Crippen LogP) is 3.06. The van der Waals surface area contributed by atoms with E-state index in [1.807, 2.05) is 18.2 Å². The second-order valence-corrected chi connectivity index (χ2v) is 5.81. The van der Waals surface area contributed by atoms with E-state index in [1.54, 1.807) is 6.92 Å². The van der Waals surface area contributed by atoms with Crippen LogP contribution in [0.3, 0.4) is 0 Å². The van der Waals surface area contributed by atoms with Gasteiger partial charge in [-0.1, -0.05) is 6.58 Å². The van der Waals surface area contributed by atoms with Crippen molar-refractivity contribution in [1.29, 1.82) is 0 Å². The van der Waals surface area contributed by atoms with Crippen LogP contribution >= 0.6 is 11.8 Å². The fourth-order valence-electron chi connectivity index (χ4n) is 1.96. The first kappa shape index (κ1) is 13.9. The second kappa shape index (κ2) is 6.06. The molecule has 0 atom stereocenters. The van der Waals surface area contributed by atoms with Gasteiger partial charge in [-0.15, -0.1) is 0 Å². The summed E-state index contributed by atoms with van der Waals surface area (Å²) >= 11 is 1.51. The number of anilines is 1. The third kappa shape index (κ3) is 3.70. The molecule has 2 rings (SSSR count). The van der Waals surface area contributed by atoms with Crippen LogP contribution in [0.5, 0.6) is 0 Å². The number of benzene rings is 1. The number of ketones is 2. The Morgan fingerprint density at radius 2 is 2.21 bits per heavy atom. The van der Waals surface area contributed by atoms with Crippen LogP contribution in [0.2, 0.25) is 0 Å². The standard InChI is InChI=1S/C15H17NO2S/c1-10-7-13-8-12(3-4-14(13)16-10)15(18)9-19-6-5-11(2)17/h3-4,8,16H,1,5-7,9H2,2H3. The Balaban J connectivity index is 1.91. The van der Waals surface area contributed by atoms with Crippen molar-refractivity contribution in [2.75, 3.05) is 16.8 Å². The maximum atomic E-state index is 12.0. The van der Waals surface area contributed by atoms with Crippen LogP contribution < -0.4 is 5.32 Å². The molecule has 1 heterocycles. The van der Waals surface area contributed by atoms with Crippen molar-refractivity contribution >= 4 is 29.0 Å². The third-order valence-electron chi connectivity index (χ3n) is 2.97. The first-order chi connectivity index (χ1) is 9.06. The van der Waals surface area contributed by atoms with Crippen LogP contribution in [0.1, 0.15) is 29.3 Å². The molecule has 1 N–H and O–H groups in total. The van der Waals surface area contributed by atoms with Crippen molar-refractivity contribution in [3.05, 3.63) is 41.6 Å². The molecule has 19 heavy (non-hydrogen) atoms. The molecule has 1 aromatic carbocycles. The number of hydrogen-bond donors (Lipinski definition) is 1. The van der Waals surface area contributed by atoms with Gasteiger partial charge in [-0.3, -0.25) is 9.59 Å². The highest BCUT2D eigenvalue weighted by Crippen LogP contribution is 2.28. The molecule has 0 fully saturated rings. The average Bonchev–Trinajstić information content (AvgIpc) is 2.73. The number of thioether (sulfide) groups is 1. The van der Waals surface area contributed by atoms with Gasteiger partial charge in [0.15, 0.2) is 5.78 Å². The van der Waals surface area contributed by atoms with E-state index in [2.05, 4.69) is 11.9 Å². The summed E-state index contributed by atoms with van der Waals surface area (Å²) in [5.74, 6) is 1.43. The first-order valence-corrected chi connectivity index (χ1v) is 7.40. The van der Waals surface area contributed by atoms with Crippen LogP contribution in [-0.4, -0.2) is 23.1 Å². The molecule has 0 saturated carbocycles. The van der Waals surface area contributed by atoms with Crippen LogP contribution in [0.4, 0.5) is 5.69 Å². The van der Waals surface area contributed by atoms with Gasteiger partial charge < -0.3 is 5.32 Å². The van der Waals surface area contributed by atoms with Gasteiger partial charge in [0, 0.05) is 35.5 Å². The predicted molar refractivity (Wildman–Crippen MR) is 79.9 cm³/mol. The average molecular weight is 275 g/mol. The van der Waals surface area contributed by atoms with Gasteiger partial charge >= 0.3 is 0 Å². The highest BCUT2D eigenvalue weighted by atomic mass is 32.2. The maximum absolute atomic E-state index is 12.0. The van der Waals surface area contributed by atoms with E-state index >= 15 is 0 Å². The van der Waals surface area contributed by atoms with E-state index in [-0.39, 0.29) is 11.6 Å². The lowest BCUT2D eigenvalue weighted by Gasteiger charge is -2.04. The Morgan fingerprint density at radius 1 is 1.42 bits per heavy atom. The smallest absolute Gasteiger partial charge is 0.172 e. The minimum absolute atomic E-state index is 0.119. The maximum Gasteiger partial charge on any atom is 0.172 e. The largest absolute Gasteiger partial charge is 0.359 e. The fraction of sp³-hybridized carbons (Fsp3) is 0.333. The minimum atomic E-state index is 0.119. The lowest BCUT2D eigenvalue weighted by molar-refractivity contribution is -0.116. The van der Waals surface area contributed by atoms with Crippen molar-refractivity contribution in [2.24, 2.45) is 0 Å². The zero-order valence-electron chi connectivity index (χ0n) is 11.0. The Hall–Kier alpha value is -1.55. The normalized spacial score (nSPS) is 13.0. The number of hydrogen-bond acceptors (Lipinski definition) is 4. The quantitative estimate of drug-likeness (QED) is 0.640. The van der Waals surface area contributed by atoms with E-state index in [9.17, 15) is 9.59 Å². The molecule has 1 aliphatic rings. The summed E-state index contributed by atoms with van der Waals surface area (Å²) < 4.78 is 0. The highest BCUT2D eigenvalue weighted by molar-refractivity contribution is 8.00. The van der Waals surface area contributed by atoms with Crippen molar-refractivity contribution < 1.29 is 9.59 Å². The third-order valence-corrected chi connectivity index (χ3v) is 3.93. The summed E-state index contributed by atoms with van der Waals surface area (Å²) in [4.78, 5) is 22.8. The van der Waals surface area contributed by atoms with Gasteiger partial charge in [0.05, 0.1) is 5.75 Å². The van der Waals surface area contributed by atoms with Crippen LogP contribution in [0.15, 0.2) is 30.5 Å². The highest BCUT2D eigenvalue weighted by Gasteiger charge is 2.15. The van der Waals surface area contributed by atoms with Gasteiger partial charge in [0.1, 0.15) is 5.78 Å². The zero-order chi connectivity index (χ0) is 13.8. The SMILES string of the molecule is C=C1Cc2cc(C(=O)CSCCC(C)=O)ccc2N1. The zero-order valence-corrected chi connectivity index (χ0v) is 11.8. The first-order valence-electron chi connectivity index (χ1n) is 6.24. The number of Topliss-reactive ketones (excluding diaryl/α,β-unsaturated/α-hetero) is 2. The van der Waals surface area contributed by atoms with Gasteiger partial charge in [-0.05, 0) is 30.7 Å². The lowest BCUT2D eigenvalue weighted by Crippen LogP contribution is -2.04. The molecule has 3 nitrogen and oxygen atoms in total. The Morgan fingerprint density at radius 3 is 2.95 bits per heavy atom. The number of carbonyl (C=O) groups is 2. The number of nitrogens with one attached hydrogen (secondary N) is 1. The molecular formula is C15H17NO2S. The molecule has 4 heteroatoms. The molecule has 0 aromatic heterocycles. The minimum Gasteiger partial charge on any atom is -0.359 e. The molecule has 0 bridgehead atoms. The molecular weight excluding hydrogens is 258 g/mol. The van der Waals surface area contributed by atoms with Crippen LogP contribution in [-0.2, 0) is 11.2 Å². The van der Waals surface area contributed by atoms with E-state index in [0.29, 0.717) is 17.9 Å². The summed E-state index contributed by atoms with van der Waals surface area (Å²) in [7, 11) is 0. The molecule has 0 aliphatic carbocycles. The summed E-state index contributed by atoms with van der Waals surface area (Å²) in [5.41, 5.74) is 3.89. The summed E-state index contributed by atoms with van der Waals surface area (Å²) in [6, 6.07) is 5.72. The molecule has 0 saturated heterocycles. The Kier molecular flexibility index (Phi) is 4.43. The van der Waals surface area contributed by atoms with Crippen molar-refractivity contribution in [1.82, 2.24) is 0 Å². The molecule has 1 aliphatic heterocycles. The lowest BCUT2D eigenvalue weighted by atomic mass is 10.1. The van der Waals surface area contributed by atoms with Gasteiger partial charge in [0.2, 0.25) is 0 Å². The van der Waals surface area contributed by atoms with Crippen molar-refractivity contribution in [2.45, 2.75) is 19.8 Å². The monoisotopic (exact) mass is 275 g/mol. The second-order valence-electron chi connectivity index (χ2n) is 4.71. The molecule has 0 unspecified atom stereocenters. The fourth-order valence-corrected chi connectivity index (χ4v) is 2.89. The van der Waals surface area contributed by atoms with Gasteiger partial charge in [-0.2, -0.15) is 11.8 Å².